The van der Waals surface area contributed by atoms with Gasteiger partial charge in [-0.2, -0.15) is 0 Å². The molecule has 2 heterocycles. The molecule has 106 valence electrons. The Bertz CT molecular complexity index is 609. The molecular weight excluding hydrogens is 272 g/mol. The molecule has 0 saturated heterocycles. The zero-order valence-corrected chi connectivity index (χ0v) is 10.2. The van der Waals surface area contributed by atoms with Crippen molar-refractivity contribution in [2.45, 2.75) is 18.9 Å². The van der Waals surface area contributed by atoms with Crippen LogP contribution >= 0.6 is 0 Å². The molecule has 2 rings (SSSR count). The topological polar surface area (TPSA) is 83.7 Å². The van der Waals surface area contributed by atoms with E-state index in [-0.39, 0.29) is 5.69 Å². The van der Waals surface area contributed by atoms with Crippen molar-refractivity contribution in [2.24, 2.45) is 0 Å². The number of aromatic nitrogens is 2. The number of carbonyl (C=O) groups excluding carboxylic acids is 1. The molecule has 0 spiro atoms. The zero-order valence-electron chi connectivity index (χ0n) is 10.2. The van der Waals surface area contributed by atoms with Gasteiger partial charge in [0.25, 0.3) is 5.91 Å². The molecule has 2 N–H and O–H groups in total. The first-order valence-corrected chi connectivity index (χ1v) is 5.73. The molecule has 1 unspecified atom stereocenters. The summed E-state index contributed by atoms with van der Waals surface area (Å²) in [4.78, 5) is 26.6. The van der Waals surface area contributed by atoms with Gasteiger partial charge in [0, 0.05) is 18.8 Å². The summed E-state index contributed by atoms with van der Waals surface area (Å²) in [5.41, 5.74) is 0.468. The van der Waals surface area contributed by atoms with Gasteiger partial charge in [-0.05, 0) is 12.1 Å². The van der Waals surface area contributed by atoms with Gasteiger partial charge in [-0.25, -0.2) is 18.6 Å². The first-order chi connectivity index (χ1) is 9.47. The highest BCUT2D eigenvalue weighted by molar-refractivity contribution is 5.95. The van der Waals surface area contributed by atoms with Crippen molar-refractivity contribution < 1.29 is 23.5 Å². The van der Waals surface area contributed by atoms with Crippen molar-refractivity contribution in [2.75, 3.05) is 0 Å². The van der Waals surface area contributed by atoms with Crippen molar-refractivity contribution in [3.63, 3.8) is 0 Å². The Balaban J connectivity index is 2.15. The molecule has 20 heavy (non-hydrogen) atoms. The highest BCUT2D eigenvalue weighted by Gasteiger charge is 2.25. The third kappa shape index (κ3) is 3.08. The van der Waals surface area contributed by atoms with Gasteiger partial charge >= 0.3 is 5.97 Å². The molecule has 0 radical (unpaired) electrons. The van der Waals surface area contributed by atoms with E-state index in [1.807, 2.05) is 5.32 Å². The van der Waals surface area contributed by atoms with Crippen LogP contribution in [0.3, 0.4) is 0 Å². The molecule has 0 saturated carbocycles. The number of aliphatic carboxylic acids is 1. The molecule has 6 nitrogen and oxygen atoms in total. The van der Waals surface area contributed by atoms with Crippen LogP contribution in [0.5, 0.6) is 0 Å². The van der Waals surface area contributed by atoms with Crippen LogP contribution in [-0.2, 0) is 4.79 Å². The average Bonchev–Trinajstić information content (AvgIpc) is 2.81. The van der Waals surface area contributed by atoms with Crippen LogP contribution in [0.25, 0.3) is 5.65 Å². The molecule has 1 atom stereocenters. The molecule has 0 aliphatic carbocycles. The minimum Gasteiger partial charge on any atom is -0.480 e. The average molecular weight is 283 g/mol. The summed E-state index contributed by atoms with van der Waals surface area (Å²) in [5, 5.41) is 10.8. The Morgan fingerprint density at radius 3 is 2.75 bits per heavy atom. The third-order valence-electron chi connectivity index (χ3n) is 2.61. The van der Waals surface area contributed by atoms with Crippen molar-refractivity contribution in [1.82, 2.24) is 14.7 Å². The summed E-state index contributed by atoms with van der Waals surface area (Å²) in [7, 11) is 0. The lowest BCUT2D eigenvalue weighted by Crippen LogP contribution is -2.42. The molecule has 1 amide bonds. The molecule has 2 aromatic rings. The van der Waals surface area contributed by atoms with Gasteiger partial charge in [0.15, 0.2) is 0 Å². The number of hydrogen-bond acceptors (Lipinski definition) is 3. The lowest BCUT2D eigenvalue weighted by molar-refractivity contribution is -0.140. The summed E-state index contributed by atoms with van der Waals surface area (Å²) >= 11 is 0. The molecule has 0 aromatic carbocycles. The van der Waals surface area contributed by atoms with Gasteiger partial charge in [-0.15, -0.1) is 0 Å². The van der Waals surface area contributed by atoms with Gasteiger partial charge in [-0.3, -0.25) is 4.79 Å². The fraction of sp³-hybridized carbons (Fsp3) is 0.250. The minimum absolute atomic E-state index is 0.0308. The summed E-state index contributed by atoms with van der Waals surface area (Å²) in [6.07, 6.45) is -0.717. The summed E-state index contributed by atoms with van der Waals surface area (Å²) in [5.74, 6) is -2.32. The van der Waals surface area contributed by atoms with E-state index in [9.17, 15) is 18.4 Å². The van der Waals surface area contributed by atoms with Crippen LogP contribution in [-0.4, -0.2) is 38.8 Å². The molecule has 0 bridgehead atoms. The van der Waals surface area contributed by atoms with E-state index in [1.54, 1.807) is 28.8 Å². The smallest absolute Gasteiger partial charge is 0.326 e. The van der Waals surface area contributed by atoms with E-state index in [4.69, 9.17) is 5.11 Å². The van der Waals surface area contributed by atoms with E-state index < -0.39 is 30.8 Å². The minimum atomic E-state index is -2.82. The standard InChI is InChI=1S/C12H11F2N3O3/c13-9(14)5-7(12(19)20)16-11(18)8-6-17-4-2-1-3-10(17)15-8/h1-4,6-7,9H,5H2,(H,16,18)(H,19,20). The van der Waals surface area contributed by atoms with Crippen LogP contribution in [0.4, 0.5) is 8.78 Å². The lowest BCUT2D eigenvalue weighted by atomic mass is 10.2. The Morgan fingerprint density at radius 2 is 2.15 bits per heavy atom. The number of halogens is 2. The second kappa shape index (κ2) is 5.64. The Morgan fingerprint density at radius 1 is 1.40 bits per heavy atom. The fourth-order valence-electron chi connectivity index (χ4n) is 1.68. The first-order valence-electron chi connectivity index (χ1n) is 5.73. The molecule has 2 aromatic heterocycles. The summed E-state index contributed by atoms with van der Waals surface area (Å²) < 4.78 is 26.0. The maximum Gasteiger partial charge on any atom is 0.326 e. The number of nitrogens with one attached hydrogen (secondary N) is 1. The van der Waals surface area contributed by atoms with Crippen LogP contribution < -0.4 is 5.32 Å². The number of nitrogens with zero attached hydrogens (tertiary/aromatic N) is 2. The largest absolute Gasteiger partial charge is 0.480 e. The van der Waals surface area contributed by atoms with Crippen molar-refractivity contribution in [1.29, 1.82) is 0 Å². The lowest BCUT2D eigenvalue weighted by Gasteiger charge is -2.12. The predicted octanol–water partition coefficient (Wildman–Crippen LogP) is 1.17. The van der Waals surface area contributed by atoms with Crippen LogP contribution in [0, 0.1) is 0 Å². The van der Waals surface area contributed by atoms with Gasteiger partial charge in [-0.1, -0.05) is 6.07 Å². The number of pyridine rings is 1. The van der Waals surface area contributed by atoms with Gasteiger partial charge in [0.05, 0.1) is 0 Å². The number of rotatable bonds is 5. The number of carboxylic acid groups (broad SMARTS) is 1. The highest BCUT2D eigenvalue weighted by atomic mass is 19.3. The summed E-state index contributed by atoms with van der Waals surface area (Å²) in [6.45, 7) is 0. The normalized spacial score (nSPS) is 12.6. The number of hydrogen-bond donors (Lipinski definition) is 2. The molecule has 0 aliphatic rings. The van der Waals surface area contributed by atoms with E-state index in [1.165, 1.54) is 6.20 Å². The van der Waals surface area contributed by atoms with E-state index >= 15 is 0 Å². The zero-order chi connectivity index (χ0) is 14.7. The third-order valence-corrected chi connectivity index (χ3v) is 2.61. The fourth-order valence-corrected chi connectivity index (χ4v) is 1.68. The predicted molar refractivity (Wildman–Crippen MR) is 64.7 cm³/mol. The van der Waals surface area contributed by atoms with Crippen LogP contribution in [0.15, 0.2) is 30.6 Å². The van der Waals surface area contributed by atoms with E-state index in [0.29, 0.717) is 5.65 Å². The Labute approximate surface area is 112 Å². The van der Waals surface area contributed by atoms with E-state index in [2.05, 4.69) is 4.98 Å². The van der Waals surface area contributed by atoms with E-state index in [0.717, 1.165) is 0 Å². The van der Waals surface area contributed by atoms with Crippen LogP contribution in [0.2, 0.25) is 0 Å². The maximum absolute atomic E-state index is 12.2. The Hall–Kier alpha value is -2.51. The number of carboxylic acids is 1. The SMILES string of the molecule is O=C(NC(CC(F)F)C(=O)O)c1cn2ccccc2n1. The van der Waals surface area contributed by atoms with Crippen molar-refractivity contribution in [3.8, 4) is 0 Å². The number of fused-ring (bicyclic) bond motifs is 1. The first kappa shape index (κ1) is 13.9. The highest BCUT2D eigenvalue weighted by Crippen LogP contribution is 2.08. The summed E-state index contributed by atoms with van der Waals surface area (Å²) in [6, 6.07) is 3.46. The van der Waals surface area contributed by atoms with Gasteiger partial charge < -0.3 is 14.8 Å². The molecule has 0 aliphatic heterocycles. The second-order valence-electron chi connectivity index (χ2n) is 4.08. The van der Waals surface area contributed by atoms with Crippen LogP contribution in [0.1, 0.15) is 16.9 Å². The molecule has 0 fully saturated rings. The monoisotopic (exact) mass is 283 g/mol. The molecular formula is C12H11F2N3O3. The van der Waals surface area contributed by atoms with Crippen molar-refractivity contribution >= 4 is 17.5 Å². The quantitative estimate of drug-likeness (QED) is 0.862. The Kier molecular flexibility index (Phi) is 3.92. The van der Waals surface area contributed by atoms with Gasteiger partial charge in [0.1, 0.15) is 17.4 Å². The van der Waals surface area contributed by atoms with Crippen molar-refractivity contribution in [3.05, 3.63) is 36.3 Å². The second-order valence-corrected chi connectivity index (χ2v) is 4.08. The van der Waals surface area contributed by atoms with Gasteiger partial charge in [0.2, 0.25) is 6.43 Å². The number of imidazole rings is 1. The number of amides is 1. The maximum atomic E-state index is 12.2. The number of alkyl halides is 2. The number of carbonyl (C=O) groups is 2. The molecule has 8 heteroatoms.